The third kappa shape index (κ3) is 4.80. The molecule has 27 heavy (non-hydrogen) atoms. The number of rotatable bonds is 5. The summed E-state index contributed by atoms with van der Waals surface area (Å²) in [7, 11) is -3.67. The van der Waals surface area contributed by atoms with Crippen LogP contribution in [0, 0.1) is 0 Å². The lowest BCUT2D eigenvalue weighted by Crippen LogP contribution is -2.14. The molecule has 3 rings (SSSR count). The molecule has 0 radical (unpaired) electrons. The first-order chi connectivity index (χ1) is 12.8. The third-order valence-corrected chi connectivity index (χ3v) is 5.57. The number of benzene rings is 3. The van der Waals surface area contributed by atoms with Crippen LogP contribution in [0.25, 0.3) is 0 Å². The smallest absolute Gasteiger partial charge is 0.261 e. The van der Waals surface area contributed by atoms with Crippen molar-refractivity contribution < 1.29 is 13.2 Å². The van der Waals surface area contributed by atoms with Crippen molar-refractivity contribution in [1.82, 2.24) is 0 Å². The average Bonchev–Trinajstić information content (AvgIpc) is 2.64. The van der Waals surface area contributed by atoms with Crippen molar-refractivity contribution >= 4 is 50.5 Å². The highest BCUT2D eigenvalue weighted by atomic mass is 35.5. The van der Waals surface area contributed by atoms with E-state index in [-0.39, 0.29) is 15.5 Å². The van der Waals surface area contributed by atoms with Gasteiger partial charge in [0.2, 0.25) is 0 Å². The summed E-state index contributed by atoms with van der Waals surface area (Å²) in [5, 5.41) is 3.38. The lowest BCUT2D eigenvalue weighted by atomic mass is 10.2. The molecule has 2 N–H and O–H groups in total. The van der Waals surface area contributed by atoms with E-state index < -0.39 is 15.9 Å². The number of hydrogen-bond donors (Lipinski definition) is 2. The molecule has 0 atom stereocenters. The van der Waals surface area contributed by atoms with Crippen LogP contribution in [0.2, 0.25) is 10.0 Å². The van der Waals surface area contributed by atoms with E-state index in [1.165, 1.54) is 24.3 Å². The molecule has 3 aromatic carbocycles. The molecule has 8 heteroatoms. The number of hydrogen-bond acceptors (Lipinski definition) is 3. The molecule has 0 unspecified atom stereocenters. The van der Waals surface area contributed by atoms with Gasteiger partial charge >= 0.3 is 0 Å². The van der Waals surface area contributed by atoms with Gasteiger partial charge in [0.05, 0.1) is 15.5 Å². The maximum absolute atomic E-state index is 12.3. The molecule has 0 saturated heterocycles. The van der Waals surface area contributed by atoms with Gasteiger partial charge < -0.3 is 5.32 Å². The van der Waals surface area contributed by atoms with Crippen molar-refractivity contribution in [2.24, 2.45) is 0 Å². The summed E-state index contributed by atoms with van der Waals surface area (Å²) < 4.78 is 27.1. The predicted octanol–water partition coefficient (Wildman–Crippen LogP) is 5.05. The highest BCUT2D eigenvalue weighted by molar-refractivity contribution is 7.92. The summed E-state index contributed by atoms with van der Waals surface area (Å²) in [6, 6.07) is 18.9. The third-order valence-electron chi connectivity index (χ3n) is 3.62. The zero-order valence-electron chi connectivity index (χ0n) is 13.8. The summed E-state index contributed by atoms with van der Waals surface area (Å²) in [4.78, 5) is 12.5. The van der Waals surface area contributed by atoms with Gasteiger partial charge in [0, 0.05) is 16.4 Å². The molecule has 0 bridgehead atoms. The molecule has 0 saturated carbocycles. The van der Waals surface area contributed by atoms with Gasteiger partial charge in [-0.05, 0) is 54.6 Å². The Labute approximate surface area is 167 Å². The molecule has 0 aliphatic carbocycles. The Morgan fingerprint density at radius 1 is 0.815 bits per heavy atom. The van der Waals surface area contributed by atoms with E-state index in [0.29, 0.717) is 16.4 Å². The molecular formula is C19H14Cl2N2O3S. The second-order valence-corrected chi connectivity index (χ2v) is 8.10. The number of amides is 1. The Hall–Kier alpha value is -2.54. The Kier molecular flexibility index (Phi) is 5.70. The number of nitrogens with one attached hydrogen (secondary N) is 2. The van der Waals surface area contributed by atoms with E-state index >= 15 is 0 Å². The Balaban J connectivity index is 1.71. The summed E-state index contributed by atoms with van der Waals surface area (Å²) in [5.74, 6) is -0.394. The number of carbonyl (C=O) groups excluding carboxylic acids is 1. The second-order valence-electron chi connectivity index (χ2n) is 5.57. The molecular weight excluding hydrogens is 407 g/mol. The van der Waals surface area contributed by atoms with Crippen molar-refractivity contribution in [3.63, 3.8) is 0 Å². The molecule has 3 aromatic rings. The van der Waals surface area contributed by atoms with Crippen LogP contribution in [-0.4, -0.2) is 14.3 Å². The number of anilines is 2. The fraction of sp³-hybridized carbons (Fsp3) is 0. The number of carbonyl (C=O) groups is 1. The summed E-state index contributed by atoms with van der Waals surface area (Å²) in [6.45, 7) is 0. The van der Waals surface area contributed by atoms with Gasteiger partial charge in [-0.25, -0.2) is 8.42 Å². The van der Waals surface area contributed by atoms with Gasteiger partial charge in [0.25, 0.3) is 15.9 Å². The fourth-order valence-corrected chi connectivity index (χ4v) is 3.88. The zero-order chi connectivity index (χ0) is 19.4. The van der Waals surface area contributed by atoms with E-state index in [9.17, 15) is 13.2 Å². The number of halogens is 2. The normalized spacial score (nSPS) is 11.0. The minimum atomic E-state index is -3.67. The summed E-state index contributed by atoms with van der Waals surface area (Å²) in [5.41, 5.74) is 1.16. The fourth-order valence-electron chi connectivity index (χ4n) is 2.31. The first-order valence-electron chi connectivity index (χ1n) is 7.79. The molecule has 0 fully saturated rings. The highest BCUT2D eigenvalue weighted by Gasteiger charge is 2.14. The van der Waals surface area contributed by atoms with Crippen LogP contribution in [0.4, 0.5) is 11.4 Å². The van der Waals surface area contributed by atoms with Crippen molar-refractivity contribution in [2.75, 3.05) is 10.0 Å². The molecule has 0 aromatic heterocycles. The zero-order valence-corrected chi connectivity index (χ0v) is 16.1. The molecule has 138 valence electrons. The summed E-state index contributed by atoms with van der Waals surface area (Å²) in [6.07, 6.45) is 0. The van der Waals surface area contributed by atoms with Crippen molar-refractivity contribution in [2.45, 2.75) is 4.90 Å². The minimum Gasteiger partial charge on any atom is -0.322 e. The van der Waals surface area contributed by atoms with E-state index in [2.05, 4.69) is 10.0 Å². The van der Waals surface area contributed by atoms with Crippen molar-refractivity contribution in [3.8, 4) is 0 Å². The first kappa shape index (κ1) is 19.2. The van der Waals surface area contributed by atoms with Crippen molar-refractivity contribution in [3.05, 3.63) is 88.4 Å². The SMILES string of the molecule is O=C(Nc1ccc(NS(=O)(=O)c2ccccc2)cc1)c1ccc(Cl)cc1Cl. The van der Waals surface area contributed by atoms with E-state index in [1.54, 1.807) is 48.5 Å². The molecule has 1 amide bonds. The minimum absolute atomic E-state index is 0.166. The lowest BCUT2D eigenvalue weighted by Gasteiger charge is -2.10. The van der Waals surface area contributed by atoms with Crippen LogP contribution >= 0.6 is 23.2 Å². The Bertz CT molecular complexity index is 1070. The largest absolute Gasteiger partial charge is 0.322 e. The second kappa shape index (κ2) is 8.00. The van der Waals surface area contributed by atoms with E-state index in [4.69, 9.17) is 23.2 Å². The molecule has 0 spiro atoms. The molecule has 0 aliphatic rings. The van der Waals surface area contributed by atoms with Gasteiger partial charge in [0.1, 0.15) is 0 Å². The maximum Gasteiger partial charge on any atom is 0.261 e. The van der Waals surface area contributed by atoms with Crippen LogP contribution in [0.15, 0.2) is 77.7 Å². The monoisotopic (exact) mass is 420 g/mol. The molecule has 0 heterocycles. The number of sulfonamides is 1. The van der Waals surface area contributed by atoms with Gasteiger partial charge in [-0.15, -0.1) is 0 Å². The van der Waals surface area contributed by atoms with Gasteiger partial charge in [-0.2, -0.15) is 0 Å². The van der Waals surface area contributed by atoms with E-state index in [1.807, 2.05) is 0 Å². The maximum atomic E-state index is 12.3. The predicted molar refractivity (Wildman–Crippen MR) is 108 cm³/mol. The first-order valence-corrected chi connectivity index (χ1v) is 10.0. The van der Waals surface area contributed by atoms with Crippen molar-refractivity contribution in [1.29, 1.82) is 0 Å². The standard InChI is InChI=1S/C19H14Cl2N2O3S/c20-13-6-11-17(18(21)12-13)19(24)22-14-7-9-15(10-8-14)23-27(25,26)16-4-2-1-3-5-16/h1-12,23H,(H,22,24). The average molecular weight is 421 g/mol. The Morgan fingerprint density at radius 3 is 2.07 bits per heavy atom. The van der Waals surface area contributed by atoms with E-state index in [0.717, 1.165) is 0 Å². The van der Waals surface area contributed by atoms with Gasteiger partial charge in [-0.1, -0.05) is 41.4 Å². The topological polar surface area (TPSA) is 75.3 Å². The van der Waals surface area contributed by atoms with Crippen LogP contribution in [0.3, 0.4) is 0 Å². The van der Waals surface area contributed by atoms with Gasteiger partial charge in [-0.3, -0.25) is 9.52 Å². The van der Waals surface area contributed by atoms with Crippen LogP contribution in [0.5, 0.6) is 0 Å². The Morgan fingerprint density at radius 2 is 1.44 bits per heavy atom. The molecule has 0 aliphatic heterocycles. The van der Waals surface area contributed by atoms with Crippen LogP contribution < -0.4 is 10.0 Å². The van der Waals surface area contributed by atoms with Crippen LogP contribution in [0.1, 0.15) is 10.4 Å². The highest BCUT2D eigenvalue weighted by Crippen LogP contribution is 2.23. The van der Waals surface area contributed by atoms with Gasteiger partial charge in [0.15, 0.2) is 0 Å². The quantitative estimate of drug-likeness (QED) is 0.606. The molecule has 5 nitrogen and oxygen atoms in total. The lowest BCUT2D eigenvalue weighted by molar-refractivity contribution is 0.102. The van der Waals surface area contributed by atoms with Crippen LogP contribution in [-0.2, 0) is 10.0 Å². The summed E-state index contributed by atoms with van der Waals surface area (Å²) >= 11 is 11.8.